The van der Waals surface area contributed by atoms with Crippen molar-refractivity contribution in [2.75, 3.05) is 19.0 Å². The fourth-order valence-corrected chi connectivity index (χ4v) is 2.77. The van der Waals surface area contributed by atoms with E-state index in [2.05, 4.69) is 11.4 Å². The second kappa shape index (κ2) is 8.94. The largest absolute Gasteiger partial charge is 0.495 e. The number of carbonyl (C=O) groups is 1. The number of methoxy groups -OCH3 is 1. The summed E-state index contributed by atoms with van der Waals surface area (Å²) in [5, 5.41) is 12.1. The van der Waals surface area contributed by atoms with Gasteiger partial charge in [-0.1, -0.05) is 35.9 Å². The number of rotatable bonds is 6. The van der Waals surface area contributed by atoms with Gasteiger partial charge < -0.3 is 14.8 Å². The van der Waals surface area contributed by atoms with Crippen LogP contribution in [0.5, 0.6) is 11.5 Å². The summed E-state index contributed by atoms with van der Waals surface area (Å²) in [5.41, 5.74) is 3.09. The van der Waals surface area contributed by atoms with Crippen molar-refractivity contribution in [1.82, 2.24) is 0 Å². The van der Waals surface area contributed by atoms with E-state index in [-0.39, 0.29) is 12.5 Å². The van der Waals surface area contributed by atoms with E-state index >= 15 is 0 Å². The van der Waals surface area contributed by atoms with Crippen molar-refractivity contribution < 1.29 is 14.3 Å². The number of hydrogen-bond acceptors (Lipinski definition) is 4. The zero-order chi connectivity index (χ0) is 19.9. The first-order chi connectivity index (χ1) is 13.6. The average molecular weight is 393 g/mol. The number of nitrogens with one attached hydrogen (secondary N) is 1. The first-order valence-corrected chi connectivity index (χ1v) is 8.83. The molecule has 140 valence electrons. The molecule has 0 spiro atoms. The fourth-order valence-electron chi connectivity index (χ4n) is 2.59. The monoisotopic (exact) mass is 392 g/mol. The SMILES string of the molecule is COc1ccc(Cl)cc1NC(=O)COc1ccc(-c2ccc(C#N)cc2)cc1. The zero-order valence-electron chi connectivity index (χ0n) is 15.1. The van der Waals surface area contributed by atoms with Crippen LogP contribution >= 0.6 is 11.6 Å². The van der Waals surface area contributed by atoms with Crippen LogP contribution in [-0.2, 0) is 4.79 Å². The number of nitriles is 1. The third kappa shape index (κ3) is 4.81. The number of halogens is 1. The van der Waals surface area contributed by atoms with Crippen LogP contribution < -0.4 is 14.8 Å². The highest BCUT2D eigenvalue weighted by atomic mass is 35.5. The van der Waals surface area contributed by atoms with Crippen molar-refractivity contribution in [3.8, 4) is 28.7 Å². The average Bonchev–Trinajstić information content (AvgIpc) is 2.73. The quantitative estimate of drug-likeness (QED) is 0.647. The highest BCUT2D eigenvalue weighted by molar-refractivity contribution is 6.31. The summed E-state index contributed by atoms with van der Waals surface area (Å²) < 4.78 is 10.7. The van der Waals surface area contributed by atoms with Gasteiger partial charge in [-0.05, 0) is 53.6 Å². The van der Waals surface area contributed by atoms with Gasteiger partial charge in [-0.2, -0.15) is 5.26 Å². The Morgan fingerprint density at radius 1 is 1.04 bits per heavy atom. The molecule has 0 saturated heterocycles. The molecule has 0 saturated carbocycles. The number of ether oxygens (including phenoxy) is 2. The Hall–Kier alpha value is -3.49. The number of carbonyl (C=O) groups excluding carboxylic acids is 1. The Labute approximate surface area is 168 Å². The molecule has 1 N–H and O–H groups in total. The van der Waals surface area contributed by atoms with E-state index in [0.717, 1.165) is 11.1 Å². The van der Waals surface area contributed by atoms with Gasteiger partial charge in [0.1, 0.15) is 11.5 Å². The van der Waals surface area contributed by atoms with Crippen molar-refractivity contribution in [2.24, 2.45) is 0 Å². The Balaban J connectivity index is 1.59. The lowest BCUT2D eigenvalue weighted by atomic mass is 10.0. The number of anilines is 1. The van der Waals surface area contributed by atoms with Crippen LogP contribution in [-0.4, -0.2) is 19.6 Å². The minimum atomic E-state index is -0.322. The smallest absolute Gasteiger partial charge is 0.262 e. The van der Waals surface area contributed by atoms with Crippen molar-refractivity contribution in [2.45, 2.75) is 0 Å². The second-order valence-corrected chi connectivity index (χ2v) is 6.33. The third-order valence-corrected chi connectivity index (χ3v) is 4.24. The summed E-state index contributed by atoms with van der Waals surface area (Å²) in [4.78, 5) is 12.2. The Morgan fingerprint density at radius 3 is 2.29 bits per heavy atom. The summed E-state index contributed by atoms with van der Waals surface area (Å²) >= 11 is 5.96. The number of hydrogen-bond donors (Lipinski definition) is 1. The van der Waals surface area contributed by atoms with Crippen LogP contribution in [0.15, 0.2) is 66.7 Å². The standard InChI is InChI=1S/C22H17ClN2O3/c1-27-21-11-8-18(23)12-20(21)25-22(26)14-28-19-9-6-17(7-10-19)16-4-2-15(13-24)3-5-16/h2-12H,14H2,1H3,(H,25,26). The molecule has 0 heterocycles. The molecule has 0 fully saturated rings. The summed E-state index contributed by atoms with van der Waals surface area (Å²) in [6.07, 6.45) is 0. The van der Waals surface area contributed by atoms with Crippen LogP contribution in [0, 0.1) is 11.3 Å². The van der Waals surface area contributed by atoms with Crippen LogP contribution in [0.25, 0.3) is 11.1 Å². The van der Waals surface area contributed by atoms with Gasteiger partial charge >= 0.3 is 0 Å². The molecule has 0 radical (unpaired) electrons. The van der Waals surface area contributed by atoms with Gasteiger partial charge in [0.05, 0.1) is 24.4 Å². The Kier molecular flexibility index (Phi) is 6.15. The predicted molar refractivity (Wildman–Crippen MR) is 109 cm³/mol. The van der Waals surface area contributed by atoms with E-state index in [9.17, 15) is 4.79 Å². The predicted octanol–water partition coefficient (Wildman–Crippen LogP) is 4.90. The maximum Gasteiger partial charge on any atom is 0.262 e. The number of benzene rings is 3. The zero-order valence-corrected chi connectivity index (χ0v) is 15.9. The topological polar surface area (TPSA) is 71.3 Å². The summed E-state index contributed by atoms with van der Waals surface area (Å²) in [6, 6.07) is 21.8. The summed E-state index contributed by atoms with van der Waals surface area (Å²) in [6.45, 7) is -0.147. The van der Waals surface area contributed by atoms with Crippen LogP contribution in [0.1, 0.15) is 5.56 Å². The first kappa shape index (κ1) is 19.3. The third-order valence-electron chi connectivity index (χ3n) is 4.01. The van der Waals surface area contributed by atoms with Crippen molar-refractivity contribution in [3.63, 3.8) is 0 Å². The van der Waals surface area contributed by atoms with Crippen LogP contribution in [0.3, 0.4) is 0 Å². The molecule has 0 aliphatic heterocycles. The lowest BCUT2D eigenvalue weighted by Crippen LogP contribution is -2.20. The molecule has 6 heteroatoms. The highest BCUT2D eigenvalue weighted by Gasteiger charge is 2.09. The fraction of sp³-hybridized carbons (Fsp3) is 0.0909. The molecule has 3 rings (SSSR count). The molecule has 28 heavy (non-hydrogen) atoms. The van der Waals surface area contributed by atoms with Crippen molar-refractivity contribution >= 4 is 23.2 Å². The molecule has 0 aliphatic rings. The van der Waals surface area contributed by atoms with Crippen molar-refractivity contribution in [3.05, 3.63) is 77.3 Å². The lowest BCUT2D eigenvalue weighted by molar-refractivity contribution is -0.118. The number of amides is 1. The van der Waals surface area contributed by atoms with E-state index in [0.29, 0.717) is 27.8 Å². The second-order valence-electron chi connectivity index (χ2n) is 5.89. The summed E-state index contributed by atoms with van der Waals surface area (Å²) in [5.74, 6) is 0.770. The van der Waals surface area contributed by atoms with E-state index < -0.39 is 0 Å². The molecular weight excluding hydrogens is 376 g/mol. The molecule has 5 nitrogen and oxygen atoms in total. The molecule has 1 amide bonds. The maximum absolute atomic E-state index is 12.2. The molecule has 0 atom stereocenters. The molecule has 0 aliphatic carbocycles. The maximum atomic E-state index is 12.2. The Morgan fingerprint density at radius 2 is 1.68 bits per heavy atom. The van der Waals surface area contributed by atoms with E-state index in [1.54, 1.807) is 42.5 Å². The van der Waals surface area contributed by atoms with Crippen molar-refractivity contribution in [1.29, 1.82) is 5.26 Å². The molecule has 3 aromatic carbocycles. The molecular formula is C22H17ClN2O3. The minimum Gasteiger partial charge on any atom is -0.495 e. The summed E-state index contributed by atoms with van der Waals surface area (Å²) in [7, 11) is 1.52. The van der Waals surface area contributed by atoms with Gasteiger partial charge in [-0.15, -0.1) is 0 Å². The van der Waals surface area contributed by atoms with E-state index in [1.807, 2.05) is 24.3 Å². The van der Waals surface area contributed by atoms with Crippen LogP contribution in [0.4, 0.5) is 5.69 Å². The highest BCUT2D eigenvalue weighted by Crippen LogP contribution is 2.27. The van der Waals surface area contributed by atoms with E-state index in [4.69, 9.17) is 26.3 Å². The molecule has 0 bridgehead atoms. The van der Waals surface area contributed by atoms with E-state index in [1.165, 1.54) is 7.11 Å². The lowest BCUT2D eigenvalue weighted by Gasteiger charge is -2.11. The number of nitrogens with zero attached hydrogens (tertiary/aromatic N) is 1. The normalized spacial score (nSPS) is 10.0. The van der Waals surface area contributed by atoms with Gasteiger partial charge in [0, 0.05) is 5.02 Å². The Bertz CT molecular complexity index is 1010. The van der Waals surface area contributed by atoms with Gasteiger partial charge in [-0.25, -0.2) is 0 Å². The molecule has 3 aromatic rings. The molecule has 0 aromatic heterocycles. The van der Waals surface area contributed by atoms with Gasteiger partial charge in [0.25, 0.3) is 5.91 Å². The van der Waals surface area contributed by atoms with Gasteiger partial charge in [0.2, 0.25) is 0 Å². The minimum absolute atomic E-state index is 0.147. The van der Waals surface area contributed by atoms with Crippen LogP contribution in [0.2, 0.25) is 5.02 Å². The van der Waals surface area contributed by atoms with Gasteiger partial charge in [0.15, 0.2) is 6.61 Å². The molecule has 0 unspecified atom stereocenters. The van der Waals surface area contributed by atoms with Gasteiger partial charge in [-0.3, -0.25) is 4.79 Å². The first-order valence-electron chi connectivity index (χ1n) is 8.46.